The smallest absolute Gasteiger partial charge is 0.331 e. The molecule has 3 rings (SSSR count). The first-order chi connectivity index (χ1) is 12.4. The lowest BCUT2D eigenvalue weighted by Gasteiger charge is -2.23. The average molecular weight is 408 g/mol. The molecule has 2 aromatic carbocycles. The summed E-state index contributed by atoms with van der Waals surface area (Å²) in [4.78, 5) is 25.7. The van der Waals surface area contributed by atoms with E-state index in [1.54, 1.807) is 30.3 Å². The summed E-state index contributed by atoms with van der Waals surface area (Å²) >= 11 is 12.1. The van der Waals surface area contributed by atoms with Crippen molar-refractivity contribution < 1.29 is 19.1 Å². The number of benzene rings is 2. The minimum absolute atomic E-state index is 0.0567. The van der Waals surface area contributed by atoms with Crippen LogP contribution in [0.4, 0.5) is 4.39 Å². The van der Waals surface area contributed by atoms with Crippen LogP contribution in [0, 0.1) is 5.82 Å². The maximum absolute atomic E-state index is 14.0. The van der Waals surface area contributed by atoms with E-state index in [2.05, 4.69) is 0 Å². The summed E-state index contributed by atoms with van der Waals surface area (Å²) in [5.41, 5.74) is 0.475. The molecule has 1 aliphatic rings. The Labute approximate surface area is 163 Å². The predicted molar refractivity (Wildman–Crippen MR) is 103 cm³/mol. The minimum atomic E-state index is -1.26. The number of thiocarbonyl (C=S) groups is 1. The summed E-state index contributed by atoms with van der Waals surface area (Å²) in [7, 11) is 0. The number of carboxylic acid groups (broad SMARTS) is 1. The van der Waals surface area contributed by atoms with Crippen LogP contribution in [-0.2, 0) is 9.59 Å². The van der Waals surface area contributed by atoms with Crippen molar-refractivity contribution in [3.63, 3.8) is 0 Å². The summed E-state index contributed by atoms with van der Waals surface area (Å²) in [6.45, 7) is 0. The Morgan fingerprint density at radius 3 is 2.54 bits per heavy atom. The molecule has 1 atom stereocenters. The van der Waals surface area contributed by atoms with Gasteiger partial charge in [0.2, 0.25) is 0 Å². The maximum atomic E-state index is 14.0. The van der Waals surface area contributed by atoms with Gasteiger partial charge in [0.1, 0.15) is 10.1 Å². The first-order valence-electron chi connectivity index (χ1n) is 7.39. The average Bonchev–Trinajstić information content (AvgIpc) is 2.87. The van der Waals surface area contributed by atoms with E-state index in [9.17, 15) is 19.1 Å². The number of hydrogen-bond donors (Lipinski definition) is 1. The van der Waals surface area contributed by atoms with Crippen LogP contribution in [0.25, 0.3) is 6.08 Å². The van der Waals surface area contributed by atoms with Gasteiger partial charge in [-0.1, -0.05) is 72.0 Å². The molecule has 0 radical (unpaired) electrons. The van der Waals surface area contributed by atoms with Crippen LogP contribution >= 0.6 is 35.6 Å². The number of halogens is 2. The van der Waals surface area contributed by atoms with E-state index in [0.29, 0.717) is 5.56 Å². The second-order valence-electron chi connectivity index (χ2n) is 5.34. The molecule has 1 unspecified atom stereocenters. The lowest BCUT2D eigenvalue weighted by molar-refractivity contribution is -0.145. The Hall–Kier alpha value is -2.22. The fourth-order valence-electron chi connectivity index (χ4n) is 2.52. The van der Waals surface area contributed by atoms with Crippen molar-refractivity contribution in [2.75, 3.05) is 0 Å². The first kappa shape index (κ1) is 18.6. The van der Waals surface area contributed by atoms with Crippen LogP contribution in [-0.4, -0.2) is 26.2 Å². The standard InChI is InChI=1S/C18H11ClFNO3S2/c19-12-7-4-8-13(20)11(12)9-14-16(22)21(18(25)26-14)15(17(23)24)10-5-2-1-3-6-10/h1-9,15H,(H,23,24)/b14-9-. The molecule has 0 aromatic heterocycles. The van der Waals surface area contributed by atoms with Gasteiger partial charge in [0.25, 0.3) is 5.91 Å². The third kappa shape index (κ3) is 3.51. The quantitative estimate of drug-likeness (QED) is 0.597. The number of carbonyl (C=O) groups is 2. The Morgan fingerprint density at radius 1 is 1.23 bits per heavy atom. The lowest BCUT2D eigenvalue weighted by atomic mass is 10.1. The zero-order valence-corrected chi connectivity index (χ0v) is 15.4. The number of thioether (sulfide) groups is 1. The van der Waals surface area contributed by atoms with E-state index in [4.69, 9.17) is 23.8 Å². The van der Waals surface area contributed by atoms with Gasteiger partial charge in [-0.3, -0.25) is 9.69 Å². The molecule has 1 aliphatic heterocycles. The number of carboxylic acids is 1. The van der Waals surface area contributed by atoms with E-state index in [-0.39, 0.29) is 19.8 Å². The van der Waals surface area contributed by atoms with Gasteiger partial charge in [0.15, 0.2) is 6.04 Å². The molecule has 0 saturated carbocycles. The van der Waals surface area contributed by atoms with Crippen molar-refractivity contribution in [2.24, 2.45) is 0 Å². The van der Waals surface area contributed by atoms with Crippen molar-refractivity contribution in [1.29, 1.82) is 0 Å². The normalized spacial score (nSPS) is 17.0. The molecule has 0 aliphatic carbocycles. The zero-order chi connectivity index (χ0) is 18.8. The van der Waals surface area contributed by atoms with Gasteiger partial charge in [0.05, 0.1) is 9.93 Å². The molecule has 0 spiro atoms. The third-order valence-corrected chi connectivity index (χ3v) is 5.37. The lowest BCUT2D eigenvalue weighted by Crippen LogP contribution is -2.37. The molecule has 26 heavy (non-hydrogen) atoms. The van der Waals surface area contributed by atoms with Gasteiger partial charge in [-0.05, 0) is 23.8 Å². The minimum Gasteiger partial charge on any atom is -0.479 e. The Bertz CT molecular complexity index is 913. The van der Waals surface area contributed by atoms with Crippen LogP contribution in [0.2, 0.25) is 5.02 Å². The molecule has 0 bridgehead atoms. The van der Waals surface area contributed by atoms with Crippen molar-refractivity contribution in [3.8, 4) is 0 Å². The number of hydrogen-bond acceptors (Lipinski definition) is 4. The Morgan fingerprint density at radius 2 is 1.92 bits per heavy atom. The maximum Gasteiger partial charge on any atom is 0.331 e. The predicted octanol–water partition coefficient (Wildman–Crippen LogP) is 4.51. The van der Waals surface area contributed by atoms with Crippen LogP contribution < -0.4 is 0 Å². The molecule has 1 saturated heterocycles. The number of carbonyl (C=O) groups excluding carboxylic acids is 1. The van der Waals surface area contributed by atoms with Gasteiger partial charge in [-0.25, -0.2) is 9.18 Å². The molecule has 1 fully saturated rings. The van der Waals surface area contributed by atoms with Crippen LogP contribution in [0.3, 0.4) is 0 Å². The number of rotatable bonds is 4. The fraction of sp³-hybridized carbons (Fsp3) is 0.0556. The van der Waals surface area contributed by atoms with E-state index in [0.717, 1.165) is 16.7 Å². The molecule has 4 nitrogen and oxygen atoms in total. The second-order valence-corrected chi connectivity index (χ2v) is 7.42. The summed E-state index contributed by atoms with van der Waals surface area (Å²) in [5, 5.41) is 9.77. The third-order valence-electron chi connectivity index (χ3n) is 3.71. The first-order valence-corrected chi connectivity index (χ1v) is 8.99. The molecule has 8 heteroatoms. The molecule has 1 heterocycles. The van der Waals surface area contributed by atoms with Crippen LogP contribution in [0.15, 0.2) is 53.4 Å². The van der Waals surface area contributed by atoms with Crippen molar-refractivity contribution in [1.82, 2.24) is 4.90 Å². The summed E-state index contributed by atoms with van der Waals surface area (Å²) in [6, 6.07) is 11.2. The molecule has 2 aromatic rings. The molecule has 132 valence electrons. The number of nitrogens with zero attached hydrogens (tertiary/aromatic N) is 1. The Kier molecular flexibility index (Phi) is 5.41. The van der Waals surface area contributed by atoms with Crippen molar-refractivity contribution in [2.45, 2.75) is 6.04 Å². The molecule has 1 N–H and O–H groups in total. The monoisotopic (exact) mass is 407 g/mol. The van der Waals surface area contributed by atoms with E-state index >= 15 is 0 Å². The number of amides is 1. The van der Waals surface area contributed by atoms with Gasteiger partial charge < -0.3 is 5.11 Å². The highest BCUT2D eigenvalue weighted by Gasteiger charge is 2.41. The van der Waals surface area contributed by atoms with Gasteiger partial charge >= 0.3 is 5.97 Å². The van der Waals surface area contributed by atoms with E-state index in [1.807, 2.05) is 0 Å². The summed E-state index contributed by atoms with van der Waals surface area (Å²) in [6.07, 6.45) is 1.29. The molecular formula is C18H11ClFNO3S2. The van der Waals surface area contributed by atoms with E-state index in [1.165, 1.54) is 24.3 Å². The molecular weight excluding hydrogens is 397 g/mol. The van der Waals surface area contributed by atoms with E-state index < -0.39 is 23.7 Å². The fourth-order valence-corrected chi connectivity index (χ4v) is 4.03. The highest BCUT2D eigenvalue weighted by Crippen LogP contribution is 2.39. The summed E-state index contributed by atoms with van der Waals surface area (Å²) in [5.74, 6) is -2.39. The highest BCUT2D eigenvalue weighted by atomic mass is 35.5. The highest BCUT2D eigenvalue weighted by molar-refractivity contribution is 8.26. The second kappa shape index (κ2) is 7.57. The SMILES string of the molecule is O=C(O)C(c1ccccc1)N1C(=O)/C(=C/c2c(F)cccc2Cl)SC1=S. The van der Waals surface area contributed by atoms with Crippen molar-refractivity contribution >= 4 is 57.9 Å². The Balaban J connectivity index is 2.01. The zero-order valence-electron chi connectivity index (χ0n) is 13.1. The van der Waals surface area contributed by atoms with Gasteiger partial charge in [0, 0.05) is 5.56 Å². The van der Waals surface area contributed by atoms with Crippen LogP contribution in [0.5, 0.6) is 0 Å². The molecule has 1 amide bonds. The summed E-state index contributed by atoms with van der Waals surface area (Å²) < 4.78 is 14.1. The van der Waals surface area contributed by atoms with Gasteiger partial charge in [-0.2, -0.15) is 0 Å². The largest absolute Gasteiger partial charge is 0.479 e. The number of aliphatic carboxylic acids is 1. The van der Waals surface area contributed by atoms with Gasteiger partial charge in [-0.15, -0.1) is 0 Å². The van der Waals surface area contributed by atoms with Crippen molar-refractivity contribution in [3.05, 3.63) is 75.4 Å². The topological polar surface area (TPSA) is 57.6 Å². The van der Waals surface area contributed by atoms with Crippen LogP contribution in [0.1, 0.15) is 17.2 Å².